The highest BCUT2D eigenvalue weighted by molar-refractivity contribution is 7.91. The second-order valence-electron chi connectivity index (χ2n) is 5.22. The molecule has 3 atom stereocenters. The van der Waals surface area contributed by atoms with Crippen molar-refractivity contribution in [3.05, 3.63) is 0 Å². The number of rotatable bonds is 1. The van der Waals surface area contributed by atoms with Gasteiger partial charge in [0.05, 0.1) is 23.5 Å². The molecule has 6 heteroatoms. The van der Waals surface area contributed by atoms with Gasteiger partial charge < -0.3 is 10.0 Å². The Kier molecular flexibility index (Phi) is 3.45. The van der Waals surface area contributed by atoms with Crippen molar-refractivity contribution < 1.29 is 18.3 Å². The number of carbonyl (C=O) groups excluding carboxylic acids is 1. The summed E-state index contributed by atoms with van der Waals surface area (Å²) in [6, 6.07) is 0. The molecule has 0 aromatic carbocycles. The zero-order valence-corrected chi connectivity index (χ0v) is 10.8. The van der Waals surface area contributed by atoms with Crippen molar-refractivity contribution in [3.63, 3.8) is 0 Å². The molecule has 5 nitrogen and oxygen atoms in total. The van der Waals surface area contributed by atoms with Crippen molar-refractivity contribution in [3.8, 4) is 0 Å². The van der Waals surface area contributed by atoms with Gasteiger partial charge in [0.25, 0.3) is 0 Å². The fourth-order valence-corrected chi connectivity index (χ4v) is 4.31. The number of piperidine rings is 1. The quantitative estimate of drug-likeness (QED) is 0.700. The summed E-state index contributed by atoms with van der Waals surface area (Å²) in [5.41, 5.74) is 0. The number of carbonyl (C=O) groups is 1. The molecule has 0 spiro atoms. The largest absolute Gasteiger partial charge is 0.393 e. The monoisotopic (exact) mass is 261 g/mol. The lowest BCUT2D eigenvalue weighted by atomic mass is 9.95. The zero-order chi connectivity index (χ0) is 12.6. The fourth-order valence-electron chi connectivity index (χ4n) is 2.58. The normalized spacial score (nSPS) is 37.1. The van der Waals surface area contributed by atoms with Crippen molar-refractivity contribution in [1.29, 1.82) is 0 Å². The summed E-state index contributed by atoms with van der Waals surface area (Å²) in [6.07, 6.45) is 0.701. The highest BCUT2D eigenvalue weighted by Crippen LogP contribution is 2.24. The smallest absolute Gasteiger partial charge is 0.226 e. The van der Waals surface area contributed by atoms with Crippen molar-refractivity contribution in [2.24, 2.45) is 11.8 Å². The summed E-state index contributed by atoms with van der Waals surface area (Å²) in [6.45, 7) is 2.99. The summed E-state index contributed by atoms with van der Waals surface area (Å²) in [7, 11) is -3.00. The molecular weight excluding hydrogens is 242 g/mol. The fraction of sp³-hybridized carbons (Fsp3) is 0.909. The van der Waals surface area contributed by atoms with Crippen molar-refractivity contribution in [2.45, 2.75) is 25.9 Å². The SMILES string of the molecule is CC1CN(C(=O)C2CCS(=O)(=O)C2)CCC1O. The van der Waals surface area contributed by atoms with Gasteiger partial charge in [-0.25, -0.2) is 8.42 Å². The van der Waals surface area contributed by atoms with Gasteiger partial charge in [-0.2, -0.15) is 0 Å². The predicted octanol–water partition coefficient (Wildman–Crippen LogP) is -0.350. The van der Waals surface area contributed by atoms with E-state index in [4.69, 9.17) is 0 Å². The number of nitrogens with zero attached hydrogens (tertiary/aromatic N) is 1. The number of amides is 1. The molecule has 0 bridgehead atoms. The van der Waals surface area contributed by atoms with Crippen LogP contribution in [0.25, 0.3) is 0 Å². The summed E-state index contributed by atoms with van der Waals surface area (Å²) >= 11 is 0. The van der Waals surface area contributed by atoms with Crippen LogP contribution in [0.3, 0.4) is 0 Å². The van der Waals surface area contributed by atoms with E-state index in [1.165, 1.54) is 0 Å². The molecule has 0 saturated carbocycles. The maximum absolute atomic E-state index is 12.1. The topological polar surface area (TPSA) is 74.7 Å². The Morgan fingerprint density at radius 2 is 2.06 bits per heavy atom. The first-order chi connectivity index (χ1) is 7.89. The second-order valence-corrected chi connectivity index (χ2v) is 7.45. The molecule has 3 unspecified atom stereocenters. The lowest BCUT2D eigenvalue weighted by Gasteiger charge is -2.35. The third-order valence-corrected chi connectivity index (χ3v) is 5.52. The number of likely N-dealkylation sites (tertiary alicyclic amines) is 1. The van der Waals surface area contributed by atoms with Crippen LogP contribution in [-0.2, 0) is 14.6 Å². The maximum Gasteiger partial charge on any atom is 0.226 e. The van der Waals surface area contributed by atoms with E-state index in [1.54, 1.807) is 4.90 Å². The first kappa shape index (κ1) is 12.8. The molecule has 2 saturated heterocycles. The first-order valence-electron chi connectivity index (χ1n) is 6.06. The van der Waals surface area contributed by atoms with Crippen LogP contribution in [0.4, 0.5) is 0 Å². The average molecular weight is 261 g/mol. The Balaban J connectivity index is 1.97. The van der Waals surface area contributed by atoms with Crippen LogP contribution < -0.4 is 0 Å². The molecular formula is C11H19NO4S. The van der Waals surface area contributed by atoms with Gasteiger partial charge in [0.15, 0.2) is 9.84 Å². The van der Waals surface area contributed by atoms with Crippen LogP contribution in [0.2, 0.25) is 0 Å². The van der Waals surface area contributed by atoms with E-state index >= 15 is 0 Å². The Morgan fingerprint density at radius 1 is 1.35 bits per heavy atom. The standard InChI is InChI=1S/C11H19NO4S/c1-8-6-12(4-2-10(8)13)11(14)9-3-5-17(15,16)7-9/h8-10,13H,2-7H2,1H3. The van der Waals surface area contributed by atoms with Gasteiger partial charge in [-0.05, 0) is 18.8 Å². The van der Waals surface area contributed by atoms with E-state index in [0.29, 0.717) is 25.9 Å². The molecule has 2 rings (SSSR count). The van der Waals surface area contributed by atoms with Gasteiger partial charge in [0, 0.05) is 13.1 Å². The van der Waals surface area contributed by atoms with Crippen LogP contribution in [0.15, 0.2) is 0 Å². The number of aliphatic hydroxyl groups excluding tert-OH is 1. The number of hydrogen-bond acceptors (Lipinski definition) is 4. The van der Waals surface area contributed by atoms with Gasteiger partial charge in [-0.1, -0.05) is 6.92 Å². The highest BCUT2D eigenvalue weighted by atomic mass is 32.2. The van der Waals surface area contributed by atoms with E-state index in [2.05, 4.69) is 0 Å². The van der Waals surface area contributed by atoms with Gasteiger partial charge >= 0.3 is 0 Å². The molecule has 2 heterocycles. The van der Waals surface area contributed by atoms with Gasteiger partial charge in [-0.3, -0.25) is 4.79 Å². The molecule has 0 aromatic heterocycles. The molecule has 0 aliphatic carbocycles. The molecule has 98 valence electrons. The number of aliphatic hydroxyl groups is 1. The van der Waals surface area contributed by atoms with E-state index in [0.717, 1.165) is 0 Å². The molecule has 1 amide bonds. The van der Waals surface area contributed by atoms with Crippen molar-refractivity contribution in [1.82, 2.24) is 4.90 Å². The minimum absolute atomic E-state index is 0.000726. The molecule has 1 N–H and O–H groups in total. The molecule has 0 radical (unpaired) electrons. The third-order valence-electron chi connectivity index (χ3n) is 3.75. The Labute approximate surface area is 102 Å². The van der Waals surface area contributed by atoms with Crippen LogP contribution in [0.5, 0.6) is 0 Å². The second kappa shape index (κ2) is 4.57. The van der Waals surface area contributed by atoms with Crippen LogP contribution in [0.1, 0.15) is 19.8 Å². The summed E-state index contributed by atoms with van der Waals surface area (Å²) in [5, 5.41) is 9.59. The van der Waals surface area contributed by atoms with Crippen molar-refractivity contribution in [2.75, 3.05) is 24.6 Å². The Hall–Kier alpha value is -0.620. The highest BCUT2D eigenvalue weighted by Gasteiger charge is 2.37. The summed E-state index contributed by atoms with van der Waals surface area (Å²) in [4.78, 5) is 13.8. The van der Waals surface area contributed by atoms with Crippen molar-refractivity contribution >= 4 is 15.7 Å². The predicted molar refractivity (Wildman–Crippen MR) is 63.1 cm³/mol. The van der Waals surface area contributed by atoms with Gasteiger partial charge in [-0.15, -0.1) is 0 Å². The molecule has 2 aliphatic heterocycles. The average Bonchev–Trinajstić information content (AvgIpc) is 2.62. The third kappa shape index (κ3) is 2.80. The minimum atomic E-state index is -3.00. The Bertz CT molecular complexity index is 406. The number of sulfone groups is 1. The summed E-state index contributed by atoms with van der Waals surface area (Å²) < 4.78 is 22.7. The molecule has 17 heavy (non-hydrogen) atoms. The van der Waals surface area contributed by atoms with Gasteiger partial charge in [0.2, 0.25) is 5.91 Å². The molecule has 2 aliphatic rings. The van der Waals surface area contributed by atoms with E-state index in [1.807, 2.05) is 6.92 Å². The maximum atomic E-state index is 12.1. The first-order valence-corrected chi connectivity index (χ1v) is 7.88. The Morgan fingerprint density at radius 3 is 2.59 bits per heavy atom. The zero-order valence-electron chi connectivity index (χ0n) is 10.0. The lowest BCUT2D eigenvalue weighted by molar-refractivity contribution is -0.138. The van der Waals surface area contributed by atoms with Crippen LogP contribution in [0, 0.1) is 11.8 Å². The molecule has 0 aromatic rings. The van der Waals surface area contributed by atoms with Crippen LogP contribution in [-0.4, -0.2) is 55.0 Å². The van der Waals surface area contributed by atoms with E-state index in [9.17, 15) is 18.3 Å². The minimum Gasteiger partial charge on any atom is -0.393 e. The summed E-state index contributed by atoms with van der Waals surface area (Å²) in [5.74, 6) is -0.202. The van der Waals surface area contributed by atoms with E-state index in [-0.39, 0.29) is 35.4 Å². The number of hydrogen-bond donors (Lipinski definition) is 1. The van der Waals surface area contributed by atoms with E-state index < -0.39 is 9.84 Å². The lowest BCUT2D eigenvalue weighted by Crippen LogP contribution is -2.47. The van der Waals surface area contributed by atoms with Gasteiger partial charge in [0.1, 0.15) is 0 Å². The van der Waals surface area contributed by atoms with Crippen LogP contribution >= 0.6 is 0 Å². The molecule has 2 fully saturated rings.